The lowest BCUT2D eigenvalue weighted by Crippen LogP contribution is -2.39. The Morgan fingerprint density at radius 2 is 1.79 bits per heavy atom. The number of nitrogens with zero attached hydrogens (tertiary/aromatic N) is 2. The standard InChI is InChI=1S/C32H37BrF3N3O3/c1-20-28(24-17-23(33)12-13-26(24)38-29(20)39-15-7-4-8-16-39)30(42)37-19-22(11-14-27(40)41)31(2,3)18-21-9-5-6-10-25(21)32(34,35)36/h5-6,9-10,12-13,17,22H,4,7-8,11,14-16,18-19H2,1-3H3,(H,37,42)(H,40,41). The normalized spacial score (nSPS) is 15.1. The first-order valence-corrected chi connectivity index (χ1v) is 15.1. The number of amides is 1. The number of halogens is 4. The Labute approximate surface area is 252 Å². The molecular formula is C32H37BrF3N3O3. The summed E-state index contributed by atoms with van der Waals surface area (Å²) in [5, 5.41) is 13.1. The molecule has 0 radical (unpaired) electrons. The van der Waals surface area contributed by atoms with Gasteiger partial charge in [0.25, 0.3) is 5.91 Å². The molecule has 2 heterocycles. The molecule has 0 spiro atoms. The molecule has 0 aliphatic carbocycles. The van der Waals surface area contributed by atoms with Crippen LogP contribution in [-0.4, -0.2) is 41.6 Å². The van der Waals surface area contributed by atoms with E-state index in [1.165, 1.54) is 12.1 Å². The van der Waals surface area contributed by atoms with Crippen LogP contribution in [0.5, 0.6) is 0 Å². The van der Waals surface area contributed by atoms with E-state index in [0.717, 1.165) is 54.3 Å². The van der Waals surface area contributed by atoms with Gasteiger partial charge < -0.3 is 15.3 Å². The Hall–Kier alpha value is -3.14. The third kappa shape index (κ3) is 7.43. The lowest BCUT2D eigenvalue weighted by Gasteiger charge is -2.35. The van der Waals surface area contributed by atoms with Crippen LogP contribution >= 0.6 is 15.9 Å². The van der Waals surface area contributed by atoms with E-state index in [4.69, 9.17) is 4.98 Å². The number of carbonyl (C=O) groups is 2. The van der Waals surface area contributed by atoms with Gasteiger partial charge in [0.2, 0.25) is 0 Å². The summed E-state index contributed by atoms with van der Waals surface area (Å²) >= 11 is 3.50. The van der Waals surface area contributed by atoms with Gasteiger partial charge in [-0.3, -0.25) is 9.59 Å². The number of rotatable bonds is 10. The number of fused-ring (bicyclic) bond motifs is 1. The van der Waals surface area contributed by atoms with Crippen molar-refractivity contribution in [1.82, 2.24) is 10.3 Å². The molecule has 1 amide bonds. The van der Waals surface area contributed by atoms with Crippen LogP contribution in [0.4, 0.5) is 19.0 Å². The summed E-state index contributed by atoms with van der Waals surface area (Å²) in [4.78, 5) is 32.5. The Morgan fingerprint density at radius 3 is 2.45 bits per heavy atom. The van der Waals surface area contributed by atoms with Crippen molar-refractivity contribution in [3.63, 3.8) is 0 Å². The van der Waals surface area contributed by atoms with Crippen LogP contribution in [0, 0.1) is 18.3 Å². The minimum absolute atomic E-state index is 0.0755. The molecule has 1 aliphatic heterocycles. The predicted molar refractivity (Wildman–Crippen MR) is 162 cm³/mol. The number of hydrogen-bond acceptors (Lipinski definition) is 4. The van der Waals surface area contributed by atoms with Crippen molar-refractivity contribution in [2.24, 2.45) is 11.3 Å². The molecule has 1 unspecified atom stereocenters. The smallest absolute Gasteiger partial charge is 0.416 e. The number of aliphatic carboxylic acids is 1. The third-order valence-electron chi connectivity index (χ3n) is 8.34. The minimum atomic E-state index is -4.50. The van der Waals surface area contributed by atoms with Gasteiger partial charge in [0.15, 0.2) is 0 Å². The quantitative estimate of drug-likeness (QED) is 0.235. The fourth-order valence-corrected chi connectivity index (χ4v) is 6.34. The Balaban J connectivity index is 1.65. The molecule has 4 rings (SSSR count). The highest BCUT2D eigenvalue weighted by molar-refractivity contribution is 9.10. The fraction of sp³-hybridized carbons (Fsp3) is 0.469. The van der Waals surface area contributed by atoms with Crippen molar-refractivity contribution < 1.29 is 27.9 Å². The zero-order chi connectivity index (χ0) is 30.7. The van der Waals surface area contributed by atoms with Gasteiger partial charge in [-0.1, -0.05) is 48.0 Å². The summed E-state index contributed by atoms with van der Waals surface area (Å²) in [6.07, 6.45) is -1.11. The molecule has 1 saturated heterocycles. The minimum Gasteiger partial charge on any atom is -0.481 e. The van der Waals surface area contributed by atoms with Gasteiger partial charge in [-0.05, 0) is 80.2 Å². The molecular weight excluding hydrogens is 611 g/mol. The number of hydrogen-bond donors (Lipinski definition) is 2. The fourth-order valence-electron chi connectivity index (χ4n) is 5.98. The number of aromatic nitrogens is 1. The van der Waals surface area contributed by atoms with Crippen molar-refractivity contribution in [1.29, 1.82) is 0 Å². The second-order valence-electron chi connectivity index (χ2n) is 11.8. The number of carbonyl (C=O) groups excluding carboxylic acids is 1. The summed E-state index contributed by atoms with van der Waals surface area (Å²) in [5.41, 5.74) is 0.657. The average molecular weight is 649 g/mol. The first-order chi connectivity index (χ1) is 19.8. The van der Waals surface area contributed by atoms with Crippen LogP contribution < -0.4 is 10.2 Å². The van der Waals surface area contributed by atoms with Crippen LogP contribution in [0.25, 0.3) is 10.9 Å². The van der Waals surface area contributed by atoms with Crippen molar-refractivity contribution in [2.45, 2.75) is 65.5 Å². The molecule has 3 aromatic rings. The summed E-state index contributed by atoms with van der Waals surface area (Å²) in [7, 11) is 0. The number of piperidine rings is 1. The number of carboxylic acid groups (broad SMARTS) is 1. The van der Waals surface area contributed by atoms with Gasteiger partial charge in [-0.2, -0.15) is 13.2 Å². The van der Waals surface area contributed by atoms with Crippen LogP contribution in [-0.2, 0) is 17.4 Å². The van der Waals surface area contributed by atoms with Gasteiger partial charge in [0, 0.05) is 41.5 Å². The predicted octanol–water partition coefficient (Wildman–Crippen LogP) is 7.79. The number of anilines is 1. The van der Waals surface area contributed by atoms with E-state index in [1.807, 2.05) is 39.0 Å². The van der Waals surface area contributed by atoms with Crippen molar-refractivity contribution in [2.75, 3.05) is 24.5 Å². The van der Waals surface area contributed by atoms with Gasteiger partial charge in [0.05, 0.1) is 16.6 Å². The second kappa shape index (κ2) is 13.0. The van der Waals surface area contributed by atoms with E-state index < -0.39 is 29.0 Å². The van der Waals surface area contributed by atoms with Crippen LogP contribution in [0.2, 0.25) is 0 Å². The maximum atomic E-state index is 13.9. The van der Waals surface area contributed by atoms with E-state index in [9.17, 15) is 27.9 Å². The Bertz CT molecular complexity index is 1450. The molecule has 1 fully saturated rings. The average Bonchev–Trinajstić information content (AvgIpc) is 2.92. The SMILES string of the molecule is Cc1c(N2CCCCC2)nc2ccc(Br)cc2c1C(=O)NCC(CCC(=O)O)C(C)(C)Cc1ccccc1C(F)(F)F. The number of benzene rings is 2. The highest BCUT2D eigenvalue weighted by Gasteiger charge is 2.37. The monoisotopic (exact) mass is 647 g/mol. The van der Waals surface area contributed by atoms with E-state index in [0.29, 0.717) is 16.5 Å². The lowest BCUT2D eigenvalue weighted by atomic mass is 9.71. The number of carboxylic acids is 1. The number of nitrogens with one attached hydrogen (secondary N) is 1. The first-order valence-electron chi connectivity index (χ1n) is 14.3. The van der Waals surface area contributed by atoms with Gasteiger partial charge in [-0.15, -0.1) is 0 Å². The van der Waals surface area contributed by atoms with Crippen molar-refractivity contribution in [3.8, 4) is 0 Å². The molecule has 2 N–H and O–H groups in total. The lowest BCUT2D eigenvalue weighted by molar-refractivity contribution is -0.138. The third-order valence-corrected chi connectivity index (χ3v) is 8.83. The van der Waals surface area contributed by atoms with Gasteiger partial charge >= 0.3 is 12.1 Å². The van der Waals surface area contributed by atoms with Crippen molar-refractivity contribution >= 4 is 44.5 Å². The maximum absolute atomic E-state index is 13.9. The van der Waals surface area contributed by atoms with E-state index in [-0.39, 0.29) is 37.3 Å². The molecule has 10 heteroatoms. The maximum Gasteiger partial charge on any atom is 0.416 e. The van der Waals surface area contributed by atoms with E-state index >= 15 is 0 Å². The summed E-state index contributed by atoms with van der Waals surface area (Å²) in [6, 6.07) is 11.1. The van der Waals surface area contributed by atoms with E-state index in [2.05, 4.69) is 26.1 Å². The largest absolute Gasteiger partial charge is 0.481 e. The zero-order valence-electron chi connectivity index (χ0n) is 24.2. The summed E-state index contributed by atoms with van der Waals surface area (Å²) in [6.45, 7) is 7.40. The molecule has 1 aliphatic rings. The van der Waals surface area contributed by atoms with Gasteiger partial charge in [-0.25, -0.2) is 4.98 Å². The highest BCUT2D eigenvalue weighted by atomic mass is 79.9. The highest BCUT2D eigenvalue weighted by Crippen LogP contribution is 2.39. The molecule has 1 atom stereocenters. The van der Waals surface area contributed by atoms with Crippen LogP contribution in [0.1, 0.15) is 73.0 Å². The molecule has 2 aromatic carbocycles. The summed E-state index contributed by atoms with van der Waals surface area (Å²) < 4.78 is 42.0. The zero-order valence-corrected chi connectivity index (χ0v) is 25.7. The molecule has 0 saturated carbocycles. The van der Waals surface area contributed by atoms with E-state index in [1.54, 1.807) is 6.07 Å². The van der Waals surface area contributed by atoms with Crippen LogP contribution in [0.3, 0.4) is 0 Å². The topological polar surface area (TPSA) is 82.5 Å². The van der Waals surface area contributed by atoms with Gasteiger partial charge in [0.1, 0.15) is 5.82 Å². The summed E-state index contributed by atoms with van der Waals surface area (Å²) in [5.74, 6) is -0.936. The molecule has 226 valence electrons. The molecule has 42 heavy (non-hydrogen) atoms. The molecule has 0 bridgehead atoms. The van der Waals surface area contributed by atoms with Crippen LogP contribution in [0.15, 0.2) is 46.9 Å². The molecule has 1 aromatic heterocycles. The number of alkyl halides is 3. The molecule has 6 nitrogen and oxygen atoms in total. The number of pyridine rings is 1. The Morgan fingerprint density at radius 1 is 1.10 bits per heavy atom. The first kappa shape index (κ1) is 31.8. The van der Waals surface area contributed by atoms with Crippen molar-refractivity contribution in [3.05, 3.63) is 69.2 Å². The second-order valence-corrected chi connectivity index (χ2v) is 12.7. The Kier molecular flexibility index (Phi) is 9.85.